The van der Waals surface area contributed by atoms with Crippen molar-refractivity contribution in [2.75, 3.05) is 6.61 Å². The van der Waals surface area contributed by atoms with Crippen molar-refractivity contribution < 1.29 is 24.5 Å². The summed E-state index contributed by atoms with van der Waals surface area (Å²) in [6, 6.07) is 13.7. The fourth-order valence-electron chi connectivity index (χ4n) is 5.58. The second-order valence-electron chi connectivity index (χ2n) is 8.99. The number of fused-ring (bicyclic) bond motifs is 5. The Labute approximate surface area is 192 Å². The number of esters is 1. The number of nitrogens with zero attached hydrogens (tertiary/aromatic N) is 1. The average Bonchev–Trinajstić information content (AvgIpc) is 3.12. The van der Waals surface area contributed by atoms with E-state index < -0.39 is 18.0 Å². The predicted molar refractivity (Wildman–Crippen MR) is 123 cm³/mol. The van der Waals surface area contributed by atoms with Gasteiger partial charge in [-0.3, -0.25) is 4.79 Å². The average molecular weight is 446 g/mol. The van der Waals surface area contributed by atoms with Crippen molar-refractivity contribution in [3.8, 4) is 11.1 Å². The molecule has 4 atom stereocenters. The molecule has 0 saturated carbocycles. The first kappa shape index (κ1) is 21.6. The molecule has 0 radical (unpaired) electrons. The van der Waals surface area contributed by atoms with Gasteiger partial charge in [-0.2, -0.15) is 0 Å². The highest BCUT2D eigenvalue weighted by Crippen LogP contribution is 2.55. The van der Waals surface area contributed by atoms with Gasteiger partial charge in [-0.05, 0) is 59.2 Å². The molecule has 2 aromatic carbocycles. The summed E-state index contributed by atoms with van der Waals surface area (Å²) in [5.74, 6) is -1.28. The third-order valence-electron chi connectivity index (χ3n) is 7.11. The molecular formula is C27H27NO5. The number of rotatable bonds is 6. The van der Waals surface area contributed by atoms with Gasteiger partial charge in [-0.25, -0.2) is 4.79 Å². The lowest BCUT2D eigenvalue weighted by atomic mass is 9.70. The maximum absolute atomic E-state index is 13.1. The number of hydrogen-bond acceptors (Lipinski definition) is 5. The van der Waals surface area contributed by atoms with Crippen LogP contribution in [0.4, 0.5) is 0 Å². The van der Waals surface area contributed by atoms with E-state index in [1.807, 2.05) is 24.3 Å². The Morgan fingerprint density at radius 2 is 1.97 bits per heavy atom. The van der Waals surface area contributed by atoms with E-state index in [0.717, 1.165) is 46.2 Å². The summed E-state index contributed by atoms with van der Waals surface area (Å²) in [7, 11) is 0. The number of benzene rings is 2. The molecule has 33 heavy (non-hydrogen) atoms. The van der Waals surface area contributed by atoms with Crippen LogP contribution in [0.25, 0.3) is 16.7 Å². The molecule has 0 aromatic heterocycles. The highest BCUT2D eigenvalue weighted by atomic mass is 16.5. The monoisotopic (exact) mass is 445 g/mol. The van der Waals surface area contributed by atoms with Gasteiger partial charge in [-0.15, -0.1) is 0 Å². The standard InChI is InChI=1S/C27H27NO5/c1-3-12-33-27(32)25-23-20(24-22(15(2)30)26(31)28(24)25)11-10-18-8-9-19(13-21(18)23)17-6-4-16(14-29)5-7-17/h3-9,13,15,20,22,24,29-30H,1,10-12,14H2,2H3/t15-,20+,22-,24?/m1/s1. The highest BCUT2D eigenvalue weighted by Gasteiger charge is 2.61. The minimum atomic E-state index is -0.777. The molecule has 6 nitrogen and oxygen atoms in total. The molecule has 2 aliphatic heterocycles. The lowest BCUT2D eigenvalue weighted by molar-refractivity contribution is -0.164. The Balaban J connectivity index is 1.63. The van der Waals surface area contributed by atoms with Gasteiger partial charge >= 0.3 is 5.97 Å². The van der Waals surface area contributed by atoms with Crippen molar-refractivity contribution in [3.63, 3.8) is 0 Å². The van der Waals surface area contributed by atoms with Crippen molar-refractivity contribution >= 4 is 17.4 Å². The third kappa shape index (κ3) is 3.33. The largest absolute Gasteiger partial charge is 0.457 e. The van der Waals surface area contributed by atoms with Gasteiger partial charge in [-0.1, -0.05) is 49.1 Å². The molecule has 1 aliphatic carbocycles. The van der Waals surface area contributed by atoms with Gasteiger partial charge < -0.3 is 19.8 Å². The molecule has 2 N–H and O–H groups in total. The minimum Gasteiger partial charge on any atom is -0.457 e. The Morgan fingerprint density at radius 1 is 1.24 bits per heavy atom. The van der Waals surface area contributed by atoms with Crippen LogP contribution in [0.1, 0.15) is 30.0 Å². The third-order valence-corrected chi connectivity index (χ3v) is 7.11. The molecule has 0 spiro atoms. The highest BCUT2D eigenvalue weighted by molar-refractivity contribution is 6.08. The van der Waals surface area contributed by atoms with Crippen LogP contribution in [0, 0.1) is 11.8 Å². The molecule has 3 aliphatic rings. The molecule has 6 heteroatoms. The molecule has 2 aromatic rings. The van der Waals surface area contributed by atoms with E-state index in [1.54, 1.807) is 11.8 Å². The molecule has 1 amide bonds. The van der Waals surface area contributed by atoms with Crippen molar-refractivity contribution in [2.45, 2.75) is 38.5 Å². The van der Waals surface area contributed by atoms with E-state index in [4.69, 9.17) is 4.74 Å². The van der Waals surface area contributed by atoms with Crippen molar-refractivity contribution in [3.05, 3.63) is 77.5 Å². The molecule has 1 unspecified atom stereocenters. The van der Waals surface area contributed by atoms with Crippen molar-refractivity contribution in [1.82, 2.24) is 4.90 Å². The van der Waals surface area contributed by atoms with Crippen LogP contribution in [-0.4, -0.2) is 45.7 Å². The summed E-state index contributed by atoms with van der Waals surface area (Å²) < 4.78 is 5.38. The second-order valence-corrected chi connectivity index (χ2v) is 8.99. The Morgan fingerprint density at radius 3 is 2.64 bits per heavy atom. The van der Waals surface area contributed by atoms with Crippen LogP contribution >= 0.6 is 0 Å². The molecule has 0 bridgehead atoms. The predicted octanol–water partition coefficient (Wildman–Crippen LogP) is 3.07. The Kier molecular flexibility index (Phi) is 5.43. The molecule has 1 fully saturated rings. The molecule has 1 saturated heterocycles. The van der Waals surface area contributed by atoms with Gasteiger partial charge in [0.05, 0.1) is 24.7 Å². The number of ether oxygens (including phenoxy) is 1. The lowest BCUT2D eigenvalue weighted by Crippen LogP contribution is -2.64. The lowest BCUT2D eigenvalue weighted by Gasteiger charge is -2.47. The van der Waals surface area contributed by atoms with Crippen molar-refractivity contribution in [2.24, 2.45) is 11.8 Å². The van der Waals surface area contributed by atoms with Crippen LogP contribution in [0.2, 0.25) is 0 Å². The first-order valence-electron chi connectivity index (χ1n) is 11.3. The van der Waals surface area contributed by atoms with E-state index in [0.29, 0.717) is 5.70 Å². The zero-order valence-electron chi connectivity index (χ0n) is 18.5. The fraction of sp³-hybridized carbons (Fsp3) is 0.333. The number of carbonyl (C=O) groups excluding carboxylic acids is 2. The van der Waals surface area contributed by atoms with Crippen LogP contribution in [0.5, 0.6) is 0 Å². The minimum absolute atomic E-state index is 0.00902. The van der Waals surface area contributed by atoms with E-state index in [-0.39, 0.29) is 31.1 Å². The number of hydrogen-bond donors (Lipinski definition) is 2. The van der Waals surface area contributed by atoms with Gasteiger partial charge in [0.25, 0.3) is 0 Å². The SMILES string of the molecule is C=CCOC(=O)C1=C2c3cc(-c4ccc(CO)cc4)ccc3CC[C@@H]2C2[C@@H]([C@@H](C)O)C(=O)N12. The van der Waals surface area contributed by atoms with E-state index in [1.165, 1.54) is 6.08 Å². The smallest absolute Gasteiger partial charge is 0.355 e. The zero-order valence-corrected chi connectivity index (χ0v) is 18.5. The summed E-state index contributed by atoms with van der Waals surface area (Å²) in [5, 5.41) is 19.6. The number of amides is 1. The maximum atomic E-state index is 13.1. The summed E-state index contributed by atoms with van der Waals surface area (Å²) in [4.78, 5) is 27.6. The number of aryl methyl sites for hydroxylation is 1. The molecule has 170 valence electrons. The molecular weight excluding hydrogens is 418 g/mol. The van der Waals surface area contributed by atoms with Crippen LogP contribution in [-0.2, 0) is 27.4 Å². The van der Waals surface area contributed by atoms with Gasteiger partial charge in [0.2, 0.25) is 5.91 Å². The Bertz CT molecular complexity index is 1160. The summed E-state index contributed by atoms with van der Waals surface area (Å²) in [6.07, 6.45) is 2.38. The molecule has 2 heterocycles. The van der Waals surface area contributed by atoms with Gasteiger partial charge in [0.15, 0.2) is 0 Å². The zero-order chi connectivity index (χ0) is 23.3. The Hall–Kier alpha value is -3.22. The number of aliphatic hydroxyl groups is 2. The van der Waals surface area contributed by atoms with Gasteiger partial charge in [0, 0.05) is 5.92 Å². The fourth-order valence-corrected chi connectivity index (χ4v) is 5.58. The van der Waals surface area contributed by atoms with Crippen LogP contribution in [0.3, 0.4) is 0 Å². The number of β-lactam (4-membered cyclic amide) rings is 1. The molecule has 5 rings (SSSR count). The number of carbonyl (C=O) groups is 2. The summed E-state index contributed by atoms with van der Waals surface area (Å²) >= 11 is 0. The van der Waals surface area contributed by atoms with Crippen LogP contribution < -0.4 is 0 Å². The maximum Gasteiger partial charge on any atom is 0.355 e. The quantitative estimate of drug-likeness (QED) is 0.405. The number of aliphatic hydroxyl groups excluding tert-OH is 2. The summed E-state index contributed by atoms with van der Waals surface area (Å²) in [6.45, 7) is 5.30. The van der Waals surface area contributed by atoms with Crippen molar-refractivity contribution in [1.29, 1.82) is 0 Å². The topological polar surface area (TPSA) is 87.1 Å². The first-order valence-corrected chi connectivity index (χ1v) is 11.3. The normalized spacial score (nSPS) is 23.9. The van der Waals surface area contributed by atoms with E-state index >= 15 is 0 Å². The van der Waals surface area contributed by atoms with E-state index in [2.05, 4.69) is 24.8 Å². The van der Waals surface area contributed by atoms with E-state index in [9.17, 15) is 19.8 Å². The summed E-state index contributed by atoms with van der Waals surface area (Å²) in [5.41, 5.74) is 6.10. The van der Waals surface area contributed by atoms with Gasteiger partial charge in [0.1, 0.15) is 12.3 Å². The second kappa shape index (κ2) is 8.28. The first-order chi connectivity index (χ1) is 16.0. The van der Waals surface area contributed by atoms with Crippen LogP contribution in [0.15, 0.2) is 60.8 Å².